The fourth-order valence-electron chi connectivity index (χ4n) is 2.36. The van der Waals surface area contributed by atoms with Crippen LogP contribution in [0.2, 0.25) is 0 Å². The number of nitrogens with one attached hydrogen (secondary N) is 1. The third kappa shape index (κ3) is 3.30. The summed E-state index contributed by atoms with van der Waals surface area (Å²) in [5, 5.41) is 7.10. The number of nitrogens with zero attached hydrogens (tertiary/aromatic N) is 4. The fourth-order valence-corrected chi connectivity index (χ4v) is 2.36. The minimum atomic E-state index is -0.203. The van der Waals surface area contributed by atoms with Crippen molar-refractivity contribution in [2.75, 3.05) is 11.9 Å². The van der Waals surface area contributed by atoms with Gasteiger partial charge < -0.3 is 10.1 Å². The monoisotopic (exact) mass is 327 g/mol. The summed E-state index contributed by atoms with van der Waals surface area (Å²) in [5.74, 6) is 0.419. The first-order valence-electron chi connectivity index (χ1n) is 7.96. The molecule has 0 radical (unpaired) electrons. The van der Waals surface area contributed by atoms with Gasteiger partial charge in [0.05, 0.1) is 12.3 Å². The maximum atomic E-state index is 12.3. The molecule has 3 aromatic heterocycles. The van der Waals surface area contributed by atoms with Gasteiger partial charge in [-0.05, 0) is 25.5 Å². The van der Waals surface area contributed by atoms with E-state index in [1.165, 1.54) is 0 Å². The first-order valence-corrected chi connectivity index (χ1v) is 7.96. The molecule has 0 aliphatic carbocycles. The number of hydrogen-bond acceptors (Lipinski definition) is 4. The third-order valence-corrected chi connectivity index (χ3v) is 3.84. The quantitative estimate of drug-likeness (QED) is 0.755. The van der Waals surface area contributed by atoms with E-state index in [0.29, 0.717) is 11.5 Å². The third-order valence-electron chi connectivity index (χ3n) is 3.84. The number of carbonyl (C=O) groups excluding carboxylic acids is 1. The van der Waals surface area contributed by atoms with E-state index in [2.05, 4.69) is 15.4 Å². The SMILES string of the molecule is CCC(C)OCC(=O)Nc1c(-c2cnn(C)c2)nc2ccccn12. The molecule has 1 amide bonds. The zero-order valence-corrected chi connectivity index (χ0v) is 14.1. The lowest BCUT2D eigenvalue weighted by molar-refractivity contribution is -0.122. The molecular weight excluding hydrogens is 306 g/mol. The molecule has 1 atom stereocenters. The van der Waals surface area contributed by atoms with E-state index in [4.69, 9.17) is 4.74 Å². The molecule has 0 bridgehead atoms. The van der Waals surface area contributed by atoms with Gasteiger partial charge in [-0.15, -0.1) is 0 Å². The van der Waals surface area contributed by atoms with Crippen molar-refractivity contribution in [2.45, 2.75) is 26.4 Å². The second-order valence-corrected chi connectivity index (χ2v) is 5.72. The van der Waals surface area contributed by atoms with Crippen molar-refractivity contribution in [3.63, 3.8) is 0 Å². The number of fused-ring (bicyclic) bond motifs is 1. The van der Waals surface area contributed by atoms with Gasteiger partial charge in [-0.2, -0.15) is 5.10 Å². The zero-order valence-electron chi connectivity index (χ0n) is 14.1. The average molecular weight is 327 g/mol. The van der Waals surface area contributed by atoms with E-state index in [-0.39, 0.29) is 18.6 Å². The van der Waals surface area contributed by atoms with Crippen molar-refractivity contribution < 1.29 is 9.53 Å². The summed E-state index contributed by atoms with van der Waals surface area (Å²) in [6.45, 7) is 3.98. The number of rotatable bonds is 6. The topological polar surface area (TPSA) is 73.4 Å². The first-order chi connectivity index (χ1) is 11.6. The number of pyridine rings is 1. The van der Waals surface area contributed by atoms with Gasteiger partial charge in [0.15, 0.2) is 0 Å². The highest BCUT2D eigenvalue weighted by atomic mass is 16.5. The largest absolute Gasteiger partial charge is 0.369 e. The van der Waals surface area contributed by atoms with Crippen LogP contribution in [0.25, 0.3) is 16.9 Å². The van der Waals surface area contributed by atoms with Crippen molar-refractivity contribution in [1.82, 2.24) is 19.2 Å². The maximum absolute atomic E-state index is 12.3. The van der Waals surface area contributed by atoms with Gasteiger partial charge in [-0.3, -0.25) is 13.9 Å². The van der Waals surface area contributed by atoms with E-state index >= 15 is 0 Å². The summed E-state index contributed by atoms with van der Waals surface area (Å²) < 4.78 is 9.06. The van der Waals surface area contributed by atoms with Crippen LogP contribution in [0.1, 0.15) is 20.3 Å². The summed E-state index contributed by atoms with van der Waals surface area (Å²) in [4.78, 5) is 16.9. The van der Waals surface area contributed by atoms with E-state index in [1.807, 2.05) is 55.9 Å². The molecule has 0 aliphatic rings. The van der Waals surface area contributed by atoms with Gasteiger partial charge in [-0.25, -0.2) is 4.98 Å². The number of aryl methyl sites for hydroxylation is 1. The Bertz CT molecular complexity index is 852. The van der Waals surface area contributed by atoms with Gasteiger partial charge >= 0.3 is 0 Å². The lowest BCUT2D eigenvalue weighted by Gasteiger charge is -2.11. The highest BCUT2D eigenvalue weighted by Crippen LogP contribution is 2.28. The lowest BCUT2D eigenvalue weighted by Crippen LogP contribution is -2.22. The van der Waals surface area contributed by atoms with E-state index in [0.717, 1.165) is 17.6 Å². The van der Waals surface area contributed by atoms with Crippen LogP contribution in [0.5, 0.6) is 0 Å². The summed E-state index contributed by atoms with van der Waals surface area (Å²) in [7, 11) is 1.84. The highest BCUT2D eigenvalue weighted by Gasteiger charge is 2.17. The number of ether oxygens (including phenoxy) is 1. The predicted octanol–water partition coefficient (Wildman–Crippen LogP) is 2.49. The predicted molar refractivity (Wildman–Crippen MR) is 91.7 cm³/mol. The minimum Gasteiger partial charge on any atom is -0.369 e. The molecule has 3 heterocycles. The molecule has 0 spiro atoms. The van der Waals surface area contributed by atoms with Crippen molar-refractivity contribution in [3.05, 3.63) is 36.8 Å². The maximum Gasteiger partial charge on any atom is 0.251 e. The summed E-state index contributed by atoms with van der Waals surface area (Å²) in [6.07, 6.45) is 6.38. The number of amides is 1. The number of anilines is 1. The minimum absolute atomic E-state index is 0.0154. The van der Waals surface area contributed by atoms with Crippen LogP contribution in [-0.4, -0.2) is 37.8 Å². The standard InChI is InChI=1S/C17H21N5O2/c1-4-12(2)24-11-15(23)20-17-16(13-9-18-21(3)10-13)19-14-7-5-6-8-22(14)17/h5-10,12H,4,11H2,1-3H3,(H,20,23). The molecule has 0 aliphatic heterocycles. The van der Waals surface area contributed by atoms with E-state index < -0.39 is 0 Å². The molecular formula is C17H21N5O2. The van der Waals surface area contributed by atoms with Gasteiger partial charge in [0.1, 0.15) is 23.8 Å². The van der Waals surface area contributed by atoms with Crippen molar-refractivity contribution >= 4 is 17.4 Å². The zero-order chi connectivity index (χ0) is 17.1. The Morgan fingerprint density at radius 3 is 2.96 bits per heavy atom. The smallest absolute Gasteiger partial charge is 0.251 e. The molecule has 0 fully saturated rings. The number of imidazole rings is 1. The van der Waals surface area contributed by atoms with Gasteiger partial charge in [0, 0.05) is 25.0 Å². The van der Waals surface area contributed by atoms with Crippen LogP contribution in [0.15, 0.2) is 36.8 Å². The Labute approximate surface area is 140 Å². The van der Waals surface area contributed by atoms with Gasteiger partial charge in [0.25, 0.3) is 5.91 Å². The summed E-state index contributed by atoms with van der Waals surface area (Å²) >= 11 is 0. The van der Waals surface area contributed by atoms with E-state index in [1.54, 1.807) is 10.9 Å². The Balaban J connectivity index is 1.92. The van der Waals surface area contributed by atoms with Crippen molar-refractivity contribution in [3.8, 4) is 11.3 Å². The Morgan fingerprint density at radius 2 is 2.25 bits per heavy atom. The molecule has 3 aromatic rings. The second-order valence-electron chi connectivity index (χ2n) is 5.72. The molecule has 24 heavy (non-hydrogen) atoms. The molecule has 0 saturated carbocycles. The van der Waals surface area contributed by atoms with Crippen LogP contribution in [-0.2, 0) is 16.6 Å². The molecule has 1 N–H and O–H groups in total. The van der Waals surface area contributed by atoms with Crippen LogP contribution < -0.4 is 5.32 Å². The molecule has 3 rings (SSSR count). The Hall–Kier alpha value is -2.67. The molecule has 126 valence electrons. The van der Waals surface area contributed by atoms with Crippen LogP contribution >= 0.6 is 0 Å². The van der Waals surface area contributed by atoms with Gasteiger partial charge in [0.2, 0.25) is 0 Å². The summed E-state index contributed by atoms with van der Waals surface area (Å²) in [6, 6.07) is 5.70. The highest BCUT2D eigenvalue weighted by molar-refractivity contribution is 5.95. The number of hydrogen-bond donors (Lipinski definition) is 1. The van der Waals surface area contributed by atoms with Crippen LogP contribution in [0.4, 0.5) is 5.82 Å². The first kappa shape index (κ1) is 16.2. The average Bonchev–Trinajstić information content (AvgIpc) is 3.16. The van der Waals surface area contributed by atoms with Gasteiger partial charge in [-0.1, -0.05) is 13.0 Å². The van der Waals surface area contributed by atoms with E-state index in [9.17, 15) is 4.79 Å². The number of aromatic nitrogens is 4. The van der Waals surface area contributed by atoms with Crippen LogP contribution in [0.3, 0.4) is 0 Å². The Morgan fingerprint density at radius 1 is 1.42 bits per heavy atom. The molecule has 7 heteroatoms. The van der Waals surface area contributed by atoms with Crippen molar-refractivity contribution in [1.29, 1.82) is 0 Å². The second kappa shape index (κ2) is 6.84. The van der Waals surface area contributed by atoms with Crippen molar-refractivity contribution in [2.24, 2.45) is 7.05 Å². The van der Waals surface area contributed by atoms with Crippen LogP contribution in [0, 0.1) is 0 Å². The molecule has 1 unspecified atom stereocenters. The molecule has 0 saturated heterocycles. The fraction of sp³-hybridized carbons (Fsp3) is 0.353. The normalized spacial score (nSPS) is 12.5. The summed E-state index contributed by atoms with van der Waals surface area (Å²) in [5.41, 5.74) is 2.29. The molecule has 0 aromatic carbocycles. The lowest BCUT2D eigenvalue weighted by atomic mass is 10.2. The number of carbonyl (C=O) groups is 1. The molecule has 7 nitrogen and oxygen atoms in total. The Kier molecular flexibility index (Phi) is 4.61.